The van der Waals surface area contributed by atoms with Crippen LogP contribution in [0.25, 0.3) is 0 Å². The first kappa shape index (κ1) is 18.7. The van der Waals surface area contributed by atoms with E-state index in [1.165, 1.54) is 9.79 Å². The fourth-order valence-corrected chi connectivity index (χ4v) is 4.68. The molecule has 0 aromatic heterocycles. The third-order valence-electron chi connectivity index (χ3n) is 4.83. The highest BCUT2D eigenvalue weighted by Gasteiger charge is 2.25. The second-order valence-corrected chi connectivity index (χ2v) is 7.91. The van der Waals surface area contributed by atoms with Gasteiger partial charge in [0, 0.05) is 28.6 Å². The largest absolute Gasteiger partial charge is 0.389 e. The van der Waals surface area contributed by atoms with Crippen LogP contribution < -0.4 is 9.80 Å². The maximum Gasteiger partial charge on any atom is 0.0893 e. The molecule has 3 aromatic carbocycles. The van der Waals surface area contributed by atoms with Gasteiger partial charge in [-0.25, -0.2) is 0 Å². The lowest BCUT2D eigenvalue weighted by Crippen LogP contribution is -2.39. The molecule has 1 N–H and O–H groups in total. The van der Waals surface area contributed by atoms with Crippen LogP contribution >= 0.6 is 11.8 Å². The van der Waals surface area contributed by atoms with Crippen molar-refractivity contribution in [3.8, 4) is 0 Å². The van der Waals surface area contributed by atoms with Crippen LogP contribution in [0, 0.1) is 0 Å². The van der Waals surface area contributed by atoms with Crippen molar-refractivity contribution in [3.05, 3.63) is 91.5 Å². The molecule has 1 heterocycles. The lowest BCUT2D eigenvalue weighted by molar-refractivity contribution is 0.188. The molecule has 3 nitrogen and oxygen atoms in total. The number of rotatable bonds is 7. The molecule has 0 bridgehead atoms. The molecule has 28 heavy (non-hydrogen) atoms. The van der Waals surface area contributed by atoms with Gasteiger partial charge in [-0.15, -0.1) is 6.58 Å². The van der Waals surface area contributed by atoms with Gasteiger partial charge in [-0.2, -0.15) is 0 Å². The molecular weight excluding hydrogens is 364 g/mol. The number of nitrogens with zero attached hydrogens (tertiary/aromatic N) is 2. The number of para-hydroxylation sites is 3. The average molecular weight is 389 g/mol. The highest BCUT2D eigenvalue weighted by molar-refractivity contribution is 7.99. The summed E-state index contributed by atoms with van der Waals surface area (Å²) < 4.78 is 0. The van der Waals surface area contributed by atoms with Crippen LogP contribution in [0.15, 0.2) is 101 Å². The summed E-state index contributed by atoms with van der Waals surface area (Å²) in [6.45, 7) is 5.65. The predicted molar refractivity (Wildman–Crippen MR) is 119 cm³/mol. The summed E-state index contributed by atoms with van der Waals surface area (Å²) in [7, 11) is 0. The van der Waals surface area contributed by atoms with E-state index in [4.69, 9.17) is 0 Å². The Morgan fingerprint density at radius 3 is 2.07 bits per heavy atom. The summed E-state index contributed by atoms with van der Waals surface area (Å²) in [5.41, 5.74) is 3.40. The van der Waals surface area contributed by atoms with Crippen molar-refractivity contribution in [2.45, 2.75) is 15.9 Å². The zero-order valence-electron chi connectivity index (χ0n) is 15.7. The lowest BCUT2D eigenvalue weighted by Gasteiger charge is -2.35. The van der Waals surface area contributed by atoms with Gasteiger partial charge in [0.05, 0.1) is 24.0 Å². The van der Waals surface area contributed by atoms with Crippen molar-refractivity contribution >= 4 is 28.8 Å². The first-order valence-corrected chi connectivity index (χ1v) is 10.3. The van der Waals surface area contributed by atoms with Gasteiger partial charge in [0.1, 0.15) is 0 Å². The quantitative estimate of drug-likeness (QED) is 0.553. The molecule has 4 rings (SSSR count). The van der Waals surface area contributed by atoms with Crippen molar-refractivity contribution < 1.29 is 5.11 Å². The number of hydrogen-bond donors (Lipinski definition) is 1. The normalized spacial score (nSPS) is 13.4. The Labute approximate surface area is 170 Å². The molecule has 4 heteroatoms. The number of β-amino-alcohol motifs (C(OH)–C–C–N with tert-alkyl or cyclic N) is 1. The monoisotopic (exact) mass is 388 g/mol. The second-order valence-electron chi connectivity index (χ2n) is 6.83. The molecule has 0 saturated carbocycles. The van der Waals surface area contributed by atoms with Gasteiger partial charge in [-0.1, -0.05) is 60.3 Å². The van der Waals surface area contributed by atoms with Gasteiger partial charge in [-0.05, 0) is 36.4 Å². The molecule has 3 aromatic rings. The van der Waals surface area contributed by atoms with Gasteiger partial charge in [-0.3, -0.25) is 0 Å². The third kappa shape index (κ3) is 3.93. The highest BCUT2D eigenvalue weighted by atomic mass is 32.2. The maximum absolute atomic E-state index is 11.0. The van der Waals surface area contributed by atoms with Crippen LogP contribution in [-0.2, 0) is 0 Å². The highest BCUT2D eigenvalue weighted by Crippen LogP contribution is 2.47. The van der Waals surface area contributed by atoms with E-state index >= 15 is 0 Å². The van der Waals surface area contributed by atoms with Crippen molar-refractivity contribution in [1.29, 1.82) is 0 Å². The summed E-state index contributed by atoms with van der Waals surface area (Å²) in [4.78, 5) is 6.84. The van der Waals surface area contributed by atoms with Crippen LogP contribution in [-0.4, -0.2) is 30.8 Å². The molecule has 142 valence electrons. The number of benzene rings is 3. The third-order valence-corrected chi connectivity index (χ3v) is 5.96. The maximum atomic E-state index is 11.0. The van der Waals surface area contributed by atoms with Crippen LogP contribution in [0.2, 0.25) is 0 Å². The number of hydrogen-bond acceptors (Lipinski definition) is 4. The molecule has 0 fully saturated rings. The van der Waals surface area contributed by atoms with Crippen LogP contribution in [0.5, 0.6) is 0 Å². The molecule has 0 spiro atoms. The minimum Gasteiger partial charge on any atom is -0.389 e. The summed E-state index contributed by atoms with van der Waals surface area (Å²) in [5, 5.41) is 11.0. The van der Waals surface area contributed by atoms with Crippen molar-refractivity contribution in [3.63, 3.8) is 0 Å². The Bertz CT molecular complexity index is 899. The molecule has 1 aliphatic heterocycles. The van der Waals surface area contributed by atoms with E-state index in [9.17, 15) is 5.11 Å². The van der Waals surface area contributed by atoms with Gasteiger partial charge in [0.15, 0.2) is 0 Å². The van der Waals surface area contributed by atoms with Crippen LogP contribution in [0.1, 0.15) is 0 Å². The van der Waals surface area contributed by atoms with Gasteiger partial charge >= 0.3 is 0 Å². The standard InChI is InChI=1S/C24H24N2OS/c1-2-16-25(19-10-4-3-5-11-19)17-20(27)18-26-21-12-6-8-14-23(21)28-24-15-9-7-13-22(24)26/h2-15,20,27H,1,16-18H2/t20-/m0/s1. The van der Waals surface area contributed by atoms with E-state index < -0.39 is 6.10 Å². The number of anilines is 3. The van der Waals surface area contributed by atoms with Crippen molar-refractivity contribution in [2.75, 3.05) is 29.4 Å². The number of fused-ring (bicyclic) bond motifs is 2. The van der Waals surface area contributed by atoms with Crippen molar-refractivity contribution in [2.24, 2.45) is 0 Å². The van der Waals surface area contributed by atoms with E-state index in [1.807, 2.05) is 24.3 Å². The first-order chi connectivity index (χ1) is 13.8. The van der Waals surface area contributed by atoms with Crippen LogP contribution in [0.4, 0.5) is 17.1 Å². The van der Waals surface area contributed by atoms with Gasteiger partial charge in [0.25, 0.3) is 0 Å². The lowest BCUT2D eigenvalue weighted by atomic mass is 10.2. The molecule has 1 atom stereocenters. The minimum absolute atomic E-state index is 0.510. The number of aliphatic hydroxyl groups excluding tert-OH is 1. The second kappa shape index (κ2) is 8.55. The van der Waals surface area contributed by atoms with E-state index in [0.717, 1.165) is 17.1 Å². The van der Waals surface area contributed by atoms with Gasteiger partial charge in [0.2, 0.25) is 0 Å². The zero-order chi connectivity index (χ0) is 19.3. The van der Waals surface area contributed by atoms with Crippen LogP contribution in [0.3, 0.4) is 0 Å². The fourth-order valence-electron chi connectivity index (χ4n) is 3.58. The molecule has 0 unspecified atom stereocenters. The summed E-state index contributed by atoms with van der Waals surface area (Å²) in [6, 6.07) is 27.0. The molecule has 0 amide bonds. The smallest absolute Gasteiger partial charge is 0.0893 e. The Morgan fingerprint density at radius 2 is 1.46 bits per heavy atom. The molecule has 0 aliphatic carbocycles. The summed E-state index contributed by atoms with van der Waals surface area (Å²) in [5.74, 6) is 0. The molecule has 0 saturated heterocycles. The fraction of sp³-hybridized carbons (Fsp3) is 0.167. The Hall–Kier alpha value is -2.69. The Balaban J connectivity index is 1.57. The van der Waals surface area contributed by atoms with E-state index in [-0.39, 0.29) is 0 Å². The predicted octanol–water partition coefficient (Wildman–Crippen LogP) is 5.34. The Morgan fingerprint density at radius 1 is 0.893 bits per heavy atom. The van der Waals surface area contributed by atoms with Crippen molar-refractivity contribution in [1.82, 2.24) is 0 Å². The molecule has 0 radical (unpaired) electrons. The first-order valence-electron chi connectivity index (χ1n) is 9.48. The van der Waals surface area contributed by atoms with E-state index in [0.29, 0.717) is 19.6 Å². The SMILES string of the molecule is C=CCN(C[C@H](O)CN1c2ccccc2Sc2ccccc21)c1ccccc1. The van der Waals surface area contributed by atoms with Gasteiger partial charge < -0.3 is 14.9 Å². The minimum atomic E-state index is -0.510. The average Bonchev–Trinajstić information content (AvgIpc) is 2.74. The topological polar surface area (TPSA) is 26.7 Å². The Kier molecular flexibility index (Phi) is 5.70. The zero-order valence-corrected chi connectivity index (χ0v) is 16.6. The summed E-state index contributed by atoms with van der Waals surface area (Å²) >= 11 is 1.79. The van der Waals surface area contributed by atoms with E-state index in [2.05, 4.69) is 77.0 Å². The summed E-state index contributed by atoms with van der Waals surface area (Å²) in [6.07, 6.45) is 1.37. The molecule has 1 aliphatic rings. The molecular formula is C24H24N2OS. The number of aliphatic hydroxyl groups is 1. The van der Waals surface area contributed by atoms with E-state index in [1.54, 1.807) is 11.8 Å².